The van der Waals surface area contributed by atoms with Crippen molar-refractivity contribution in [3.8, 4) is 5.75 Å². The number of hydrogen-bond donors (Lipinski definition) is 3. The number of rotatable bonds is 8. The third kappa shape index (κ3) is 7.29. The number of alkyl halides is 3. The van der Waals surface area contributed by atoms with E-state index < -0.39 is 30.5 Å². The van der Waals surface area contributed by atoms with Crippen LogP contribution in [0.15, 0.2) is 42.5 Å². The summed E-state index contributed by atoms with van der Waals surface area (Å²) in [4.78, 5) is 26.0. The molecule has 1 heterocycles. The fourth-order valence-electron chi connectivity index (χ4n) is 4.69. The normalized spacial score (nSPS) is 18.9. The molecule has 2 amide bonds. The number of carbonyl (C=O) groups excluding carboxylic acids is 1. The number of nitrogens with zero attached hydrogens (tertiary/aromatic N) is 1. The molecule has 10 heteroatoms. The zero-order valence-corrected chi connectivity index (χ0v) is 20.6. The molecule has 3 atom stereocenters. The third-order valence-corrected chi connectivity index (χ3v) is 6.08. The van der Waals surface area contributed by atoms with Crippen molar-refractivity contribution in [2.24, 2.45) is 11.8 Å². The number of piperidine rings is 1. The van der Waals surface area contributed by atoms with Crippen LogP contribution in [0.5, 0.6) is 5.75 Å². The number of aliphatic carboxylic acids is 1. The van der Waals surface area contributed by atoms with E-state index in [9.17, 15) is 22.8 Å². The van der Waals surface area contributed by atoms with E-state index in [4.69, 9.17) is 9.84 Å². The van der Waals surface area contributed by atoms with Gasteiger partial charge in [0.2, 0.25) is 0 Å². The first-order valence-corrected chi connectivity index (χ1v) is 11.9. The maximum atomic E-state index is 13.7. The summed E-state index contributed by atoms with van der Waals surface area (Å²) < 4.78 is 46.5. The number of hydrogen-bond acceptors (Lipinski definition) is 4. The molecule has 0 bridgehead atoms. The van der Waals surface area contributed by atoms with Crippen LogP contribution >= 0.6 is 0 Å². The Balaban J connectivity index is 1.92. The van der Waals surface area contributed by atoms with Gasteiger partial charge in [0, 0.05) is 18.8 Å². The Hall–Kier alpha value is -3.43. The number of nitrogens with one attached hydrogen (secondary N) is 2. The zero-order chi connectivity index (χ0) is 26.5. The van der Waals surface area contributed by atoms with Crippen LogP contribution in [0.25, 0.3) is 0 Å². The van der Waals surface area contributed by atoms with Crippen LogP contribution in [0.3, 0.4) is 0 Å². The lowest BCUT2D eigenvalue weighted by atomic mass is 9.90. The molecule has 3 unspecified atom stereocenters. The minimum atomic E-state index is -4.75. The van der Waals surface area contributed by atoms with E-state index in [-0.39, 0.29) is 11.3 Å². The highest BCUT2D eigenvalue weighted by Gasteiger charge is 2.42. The number of carboxylic acid groups (broad SMARTS) is 1. The van der Waals surface area contributed by atoms with E-state index in [0.717, 1.165) is 6.42 Å². The summed E-state index contributed by atoms with van der Waals surface area (Å²) in [6, 6.07) is 10.1. The Bertz CT molecular complexity index is 1050. The molecule has 0 saturated carbocycles. The largest absolute Gasteiger partial charge is 0.494 e. The second-order valence-electron chi connectivity index (χ2n) is 9.36. The van der Waals surface area contributed by atoms with Crippen LogP contribution in [-0.4, -0.2) is 43.0 Å². The maximum absolute atomic E-state index is 13.7. The number of urea groups is 1. The summed E-state index contributed by atoms with van der Waals surface area (Å²) in [6.45, 7) is 7.95. The first kappa shape index (κ1) is 27.2. The molecule has 1 aliphatic heterocycles. The van der Waals surface area contributed by atoms with Crippen LogP contribution in [0.2, 0.25) is 0 Å². The maximum Gasteiger partial charge on any atom is 0.396 e. The van der Waals surface area contributed by atoms with E-state index in [2.05, 4.69) is 29.4 Å². The average Bonchev–Trinajstić information content (AvgIpc) is 2.77. The summed E-state index contributed by atoms with van der Waals surface area (Å²) >= 11 is 0. The van der Waals surface area contributed by atoms with Crippen molar-refractivity contribution in [2.45, 2.75) is 45.7 Å². The molecule has 0 radical (unpaired) electrons. The summed E-state index contributed by atoms with van der Waals surface area (Å²) in [5.41, 5.74) is 1.04. The number of ether oxygens (including phenoxy) is 1. The third-order valence-electron chi connectivity index (χ3n) is 6.08. The van der Waals surface area contributed by atoms with Gasteiger partial charge in [0.25, 0.3) is 0 Å². The minimum Gasteiger partial charge on any atom is -0.494 e. The first-order chi connectivity index (χ1) is 17.0. The minimum absolute atomic E-state index is 0.192. The van der Waals surface area contributed by atoms with Gasteiger partial charge >= 0.3 is 18.2 Å². The molecule has 0 aliphatic carbocycles. The molecule has 0 spiro atoms. The van der Waals surface area contributed by atoms with Gasteiger partial charge in [-0.1, -0.05) is 19.9 Å². The fraction of sp³-hybridized carbons (Fsp3) is 0.462. The summed E-state index contributed by atoms with van der Waals surface area (Å²) in [6.07, 6.45) is -4.82. The Morgan fingerprint density at radius 3 is 2.28 bits per heavy atom. The molecular weight excluding hydrogens is 475 g/mol. The lowest BCUT2D eigenvalue weighted by Crippen LogP contribution is -2.39. The molecule has 1 saturated heterocycles. The Labute approximate surface area is 208 Å². The van der Waals surface area contributed by atoms with Crippen molar-refractivity contribution < 1.29 is 32.6 Å². The molecule has 2 aromatic carbocycles. The van der Waals surface area contributed by atoms with Crippen LogP contribution in [-0.2, 0) is 4.79 Å². The van der Waals surface area contributed by atoms with Crippen LogP contribution in [0.4, 0.5) is 35.0 Å². The molecule has 1 aliphatic rings. The van der Waals surface area contributed by atoms with Gasteiger partial charge < -0.3 is 25.4 Å². The SMILES string of the molecule is CCOc1ccc(NC(=O)Nc2cc(C(CC(=O)O)C(F)(F)F)ccc2N2CC(C)CC(C)C2)cc1. The fourth-order valence-corrected chi connectivity index (χ4v) is 4.69. The standard InChI is InChI=1S/C26H32F3N3O4/c1-4-36-20-8-6-19(7-9-20)30-25(35)31-22-12-18(21(13-24(33)34)26(27,28)29)5-10-23(22)32-14-16(2)11-17(3)15-32/h5-10,12,16-17,21H,4,11,13-15H2,1-3H3,(H,33,34)(H2,30,31,35). The Kier molecular flexibility index (Phi) is 8.70. The van der Waals surface area contributed by atoms with Gasteiger partial charge in [-0.25, -0.2) is 4.79 Å². The predicted octanol–water partition coefficient (Wildman–Crippen LogP) is 6.33. The van der Waals surface area contributed by atoms with Crippen molar-refractivity contribution in [1.82, 2.24) is 0 Å². The van der Waals surface area contributed by atoms with Crippen molar-refractivity contribution >= 4 is 29.1 Å². The number of carboxylic acids is 1. The predicted molar refractivity (Wildman–Crippen MR) is 133 cm³/mol. The number of halogens is 3. The second-order valence-corrected chi connectivity index (χ2v) is 9.36. The molecule has 36 heavy (non-hydrogen) atoms. The lowest BCUT2D eigenvalue weighted by molar-refractivity contribution is -0.163. The highest BCUT2D eigenvalue weighted by atomic mass is 19.4. The molecule has 3 N–H and O–H groups in total. The monoisotopic (exact) mass is 507 g/mol. The summed E-state index contributed by atoms with van der Waals surface area (Å²) in [5, 5.41) is 14.4. The molecule has 196 valence electrons. The second kappa shape index (κ2) is 11.5. The van der Waals surface area contributed by atoms with Gasteiger partial charge in [-0.2, -0.15) is 13.2 Å². The van der Waals surface area contributed by atoms with E-state index >= 15 is 0 Å². The highest BCUT2D eigenvalue weighted by molar-refractivity contribution is 6.02. The number of carbonyl (C=O) groups is 2. The smallest absolute Gasteiger partial charge is 0.396 e. The van der Waals surface area contributed by atoms with Crippen molar-refractivity contribution in [2.75, 3.05) is 35.2 Å². The number of benzene rings is 2. The van der Waals surface area contributed by atoms with Gasteiger partial charge in [0.15, 0.2) is 0 Å². The molecule has 2 aromatic rings. The van der Waals surface area contributed by atoms with Gasteiger partial charge in [0.05, 0.1) is 30.3 Å². The van der Waals surface area contributed by atoms with Crippen molar-refractivity contribution in [3.05, 3.63) is 48.0 Å². The van der Waals surface area contributed by atoms with E-state index in [1.807, 2.05) is 6.92 Å². The van der Waals surface area contributed by atoms with Gasteiger partial charge in [-0.3, -0.25) is 4.79 Å². The van der Waals surface area contributed by atoms with Gasteiger partial charge in [-0.05, 0) is 67.1 Å². The van der Waals surface area contributed by atoms with Crippen LogP contribution in [0, 0.1) is 11.8 Å². The van der Waals surface area contributed by atoms with Gasteiger partial charge in [-0.15, -0.1) is 0 Å². The average molecular weight is 508 g/mol. The first-order valence-electron chi connectivity index (χ1n) is 11.9. The lowest BCUT2D eigenvalue weighted by Gasteiger charge is -2.37. The van der Waals surface area contributed by atoms with E-state index in [1.54, 1.807) is 24.3 Å². The van der Waals surface area contributed by atoms with Crippen molar-refractivity contribution in [3.63, 3.8) is 0 Å². The molecular formula is C26H32F3N3O4. The van der Waals surface area contributed by atoms with Crippen LogP contribution in [0.1, 0.15) is 45.1 Å². The Morgan fingerprint density at radius 1 is 1.08 bits per heavy atom. The molecule has 3 rings (SSSR count). The van der Waals surface area contributed by atoms with Crippen molar-refractivity contribution in [1.29, 1.82) is 0 Å². The number of amides is 2. The molecule has 1 fully saturated rings. The quantitative estimate of drug-likeness (QED) is 0.388. The summed E-state index contributed by atoms with van der Waals surface area (Å²) in [7, 11) is 0. The van der Waals surface area contributed by atoms with Gasteiger partial charge in [0.1, 0.15) is 5.75 Å². The number of anilines is 3. The Morgan fingerprint density at radius 2 is 1.72 bits per heavy atom. The highest BCUT2D eigenvalue weighted by Crippen LogP contribution is 2.41. The summed E-state index contributed by atoms with van der Waals surface area (Å²) in [5.74, 6) is -2.37. The molecule has 7 nitrogen and oxygen atoms in total. The van der Waals surface area contributed by atoms with E-state index in [0.29, 0.717) is 48.7 Å². The zero-order valence-electron chi connectivity index (χ0n) is 20.6. The molecule has 0 aromatic heterocycles. The topological polar surface area (TPSA) is 90.9 Å². The van der Waals surface area contributed by atoms with Crippen LogP contribution < -0.4 is 20.3 Å². The van der Waals surface area contributed by atoms with E-state index in [1.165, 1.54) is 18.2 Å².